The predicted octanol–water partition coefficient (Wildman–Crippen LogP) is 3.39. The number of esters is 1. The van der Waals surface area contributed by atoms with Crippen LogP contribution in [-0.4, -0.2) is 26.3 Å². The van der Waals surface area contributed by atoms with Crippen molar-refractivity contribution in [2.24, 2.45) is 0 Å². The van der Waals surface area contributed by atoms with E-state index >= 15 is 0 Å². The summed E-state index contributed by atoms with van der Waals surface area (Å²) >= 11 is 0. The van der Waals surface area contributed by atoms with Crippen LogP contribution >= 0.6 is 0 Å². The van der Waals surface area contributed by atoms with E-state index in [1.54, 1.807) is 25.1 Å². The Morgan fingerprint density at radius 2 is 1.52 bits per heavy atom. The standard InChI is InChI=1S/C18H20O5/c1-12-8-10-14(11-9-12)22-13(2)18(19)23-17-15(20-3)6-5-7-16(17)21-4/h5-11,13H,1-4H3/t13-/m0/s1. The maximum absolute atomic E-state index is 12.3. The molecule has 1 atom stereocenters. The second kappa shape index (κ2) is 7.54. The molecule has 0 saturated carbocycles. The third kappa shape index (κ3) is 4.16. The quantitative estimate of drug-likeness (QED) is 0.604. The van der Waals surface area contributed by atoms with E-state index in [1.165, 1.54) is 14.2 Å². The Labute approximate surface area is 135 Å². The third-order valence-electron chi connectivity index (χ3n) is 3.25. The van der Waals surface area contributed by atoms with Crippen LogP contribution in [0.5, 0.6) is 23.0 Å². The average molecular weight is 316 g/mol. The molecule has 0 N–H and O–H groups in total. The van der Waals surface area contributed by atoms with Gasteiger partial charge in [-0.3, -0.25) is 0 Å². The van der Waals surface area contributed by atoms with Crippen LogP contribution in [0, 0.1) is 6.92 Å². The van der Waals surface area contributed by atoms with Gasteiger partial charge in [0.05, 0.1) is 14.2 Å². The highest BCUT2D eigenvalue weighted by Crippen LogP contribution is 2.37. The zero-order valence-electron chi connectivity index (χ0n) is 13.7. The van der Waals surface area contributed by atoms with Gasteiger partial charge in [-0.25, -0.2) is 4.79 Å². The fraction of sp³-hybridized carbons (Fsp3) is 0.278. The molecule has 2 rings (SSSR count). The summed E-state index contributed by atoms with van der Waals surface area (Å²) in [6, 6.07) is 12.6. The summed E-state index contributed by atoms with van der Waals surface area (Å²) in [5, 5.41) is 0. The van der Waals surface area contributed by atoms with Crippen LogP contribution in [0.4, 0.5) is 0 Å². The molecule has 0 unspecified atom stereocenters. The highest BCUT2D eigenvalue weighted by molar-refractivity contribution is 5.78. The lowest BCUT2D eigenvalue weighted by molar-refractivity contribution is -0.141. The number of benzene rings is 2. The molecule has 0 heterocycles. The first-order valence-electron chi connectivity index (χ1n) is 7.21. The van der Waals surface area contributed by atoms with Crippen molar-refractivity contribution in [2.45, 2.75) is 20.0 Å². The molecule has 0 aliphatic rings. The van der Waals surface area contributed by atoms with Gasteiger partial charge in [-0.2, -0.15) is 0 Å². The molecule has 0 fully saturated rings. The van der Waals surface area contributed by atoms with E-state index in [4.69, 9.17) is 18.9 Å². The molecule has 0 saturated heterocycles. The lowest BCUT2D eigenvalue weighted by atomic mass is 10.2. The molecule has 0 radical (unpaired) electrons. The molecule has 0 amide bonds. The maximum atomic E-state index is 12.3. The Kier molecular flexibility index (Phi) is 5.46. The first-order valence-corrected chi connectivity index (χ1v) is 7.21. The first kappa shape index (κ1) is 16.7. The van der Waals surface area contributed by atoms with Crippen molar-refractivity contribution in [1.29, 1.82) is 0 Å². The van der Waals surface area contributed by atoms with Crippen LogP contribution < -0.4 is 18.9 Å². The minimum absolute atomic E-state index is 0.238. The number of para-hydroxylation sites is 1. The summed E-state index contributed by atoms with van der Waals surface area (Å²) in [7, 11) is 3.00. The molecule has 2 aromatic carbocycles. The van der Waals surface area contributed by atoms with Crippen molar-refractivity contribution in [1.82, 2.24) is 0 Å². The summed E-state index contributed by atoms with van der Waals surface area (Å²) in [5.74, 6) is 1.14. The molecular formula is C18H20O5. The molecule has 23 heavy (non-hydrogen) atoms. The summed E-state index contributed by atoms with van der Waals surface area (Å²) in [4.78, 5) is 12.3. The maximum Gasteiger partial charge on any atom is 0.352 e. The minimum Gasteiger partial charge on any atom is -0.493 e. The van der Waals surface area contributed by atoms with Gasteiger partial charge in [0.1, 0.15) is 5.75 Å². The molecular weight excluding hydrogens is 296 g/mol. The molecule has 122 valence electrons. The minimum atomic E-state index is -0.771. The predicted molar refractivity (Wildman–Crippen MR) is 86.5 cm³/mol. The number of hydrogen-bond acceptors (Lipinski definition) is 5. The topological polar surface area (TPSA) is 54.0 Å². The fourth-order valence-corrected chi connectivity index (χ4v) is 1.97. The van der Waals surface area contributed by atoms with Crippen LogP contribution in [0.3, 0.4) is 0 Å². The van der Waals surface area contributed by atoms with Gasteiger partial charge in [0.25, 0.3) is 0 Å². The van der Waals surface area contributed by atoms with Crippen molar-refractivity contribution >= 4 is 5.97 Å². The van der Waals surface area contributed by atoms with Gasteiger partial charge in [0.2, 0.25) is 5.75 Å². The third-order valence-corrected chi connectivity index (χ3v) is 3.25. The number of methoxy groups -OCH3 is 2. The number of rotatable bonds is 6. The average Bonchev–Trinajstić information content (AvgIpc) is 2.56. The first-order chi connectivity index (χ1) is 11.0. The van der Waals surface area contributed by atoms with Crippen molar-refractivity contribution in [2.75, 3.05) is 14.2 Å². The lowest BCUT2D eigenvalue weighted by Gasteiger charge is -2.16. The largest absolute Gasteiger partial charge is 0.493 e. The zero-order valence-corrected chi connectivity index (χ0v) is 13.7. The smallest absolute Gasteiger partial charge is 0.352 e. The highest BCUT2D eigenvalue weighted by Gasteiger charge is 2.21. The summed E-state index contributed by atoms with van der Waals surface area (Å²) < 4.78 is 21.4. The van der Waals surface area contributed by atoms with Gasteiger partial charge in [-0.15, -0.1) is 0 Å². The molecule has 0 spiro atoms. The van der Waals surface area contributed by atoms with Gasteiger partial charge >= 0.3 is 5.97 Å². The van der Waals surface area contributed by atoms with Crippen molar-refractivity contribution in [3.63, 3.8) is 0 Å². The second-order valence-corrected chi connectivity index (χ2v) is 4.99. The molecule has 5 nitrogen and oxygen atoms in total. The van der Waals surface area contributed by atoms with Crippen molar-refractivity contribution in [3.8, 4) is 23.0 Å². The molecule has 0 aromatic heterocycles. The number of aryl methyl sites for hydroxylation is 1. The van der Waals surface area contributed by atoms with Gasteiger partial charge in [0, 0.05) is 0 Å². The zero-order chi connectivity index (χ0) is 16.8. The van der Waals surface area contributed by atoms with Crippen molar-refractivity contribution < 1.29 is 23.7 Å². The van der Waals surface area contributed by atoms with E-state index in [9.17, 15) is 4.79 Å². The summed E-state index contributed by atoms with van der Waals surface area (Å²) in [6.07, 6.45) is -0.771. The van der Waals surface area contributed by atoms with Crippen molar-refractivity contribution in [3.05, 3.63) is 48.0 Å². The second-order valence-electron chi connectivity index (χ2n) is 4.99. The number of ether oxygens (including phenoxy) is 4. The number of hydrogen-bond donors (Lipinski definition) is 0. The number of carbonyl (C=O) groups is 1. The van der Waals surface area contributed by atoms with E-state index in [1.807, 2.05) is 31.2 Å². The Hall–Kier alpha value is -2.69. The van der Waals surface area contributed by atoms with E-state index < -0.39 is 12.1 Å². The van der Waals surface area contributed by atoms with Gasteiger partial charge in [-0.1, -0.05) is 23.8 Å². The Morgan fingerprint density at radius 3 is 2.04 bits per heavy atom. The van der Waals surface area contributed by atoms with Crippen LogP contribution in [-0.2, 0) is 4.79 Å². The summed E-state index contributed by atoms with van der Waals surface area (Å²) in [6.45, 7) is 3.61. The lowest BCUT2D eigenvalue weighted by Crippen LogP contribution is -2.28. The molecule has 0 aliphatic carbocycles. The van der Waals surface area contributed by atoms with E-state index in [2.05, 4.69) is 0 Å². The molecule has 2 aromatic rings. The Bertz CT molecular complexity index is 641. The van der Waals surface area contributed by atoms with Gasteiger partial charge in [-0.05, 0) is 38.1 Å². The molecule has 0 bridgehead atoms. The molecule has 0 aliphatic heterocycles. The van der Waals surface area contributed by atoms with Crippen LogP contribution in [0.25, 0.3) is 0 Å². The van der Waals surface area contributed by atoms with Crippen LogP contribution in [0.2, 0.25) is 0 Å². The van der Waals surface area contributed by atoms with Crippen LogP contribution in [0.1, 0.15) is 12.5 Å². The SMILES string of the molecule is COc1cccc(OC)c1OC(=O)[C@H](C)Oc1ccc(C)cc1. The van der Waals surface area contributed by atoms with E-state index in [0.29, 0.717) is 17.2 Å². The van der Waals surface area contributed by atoms with E-state index in [-0.39, 0.29) is 5.75 Å². The Morgan fingerprint density at radius 1 is 0.957 bits per heavy atom. The van der Waals surface area contributed by atoms with E-state index in [0.717, 1.165) is 5.56 Å². The highest BCUT2D eigenvalue weighted by atomic mass is 16.6. The summed E-state index contributed by atoms with van der Waals surface area (Å²) in [5.41, 5.74) is 1.12. The monoisotopic (exact) mass is 316 g/mol. The van der Waals surface area contributed by atoms with Gasteiger partial charge in [0.15, 0.2) is 17.6 Å². The van der Waals surface area contributed by atoms with Crippen LogP contribution in [0.15, 0.2) is 42.5 Å². The van der Waals surface area contributed by atoms with Gasteiger partial charge < -0.3 is 18.9 Å². The molecule has 5 heteroatoms. The normalized spacial score (nSPS) is 11.5. The number of carbonyl (C=O) groups excluding carboxylic acids is 1. The Balaban J connectivity index is 2.10. The fourth-order valence-electron chi connectivity index (χ4n) is 1.97.